The van der Waals surface area contributed by atoms with Crippen LogP contribution >= 0.6 is 0 Å². The second kappa shape index (κ2) is 7.60. The van der Waals surface area contributed by atoms with E-state index in [0.717, 1.165) is 23.4 Å². The standard InChI is InChI=1S/C17H24N6O2/c1-12(2)8-15-10-25-7-6-22(15)17(24)19-14-5-4-13(3)16(9-14)23-11-18-20-21-23/h4-5,9,11-12,15H,6-8,10H2,1-3H3,(H,19,24)/t15-/m1/s1. The zero-order valence-corrected chi connectivity index (χ0v) is 14.8. The fourth-order valence-corrected chi connectivity index (χ4v) is 3.06. The van der Waals surface area contributed by atoms with Crippen LogP contribution in [0.1, 0.15) is 25.8 Å². The molecule has 1 N–H and O–H groups in total. The third kappa shape index (κ3) is 4.14. The molecule has 0 radical (unpaired) electrons. The van der Waals surface area contributed by atoms with Crippen LogP contribution in [0.2, 0.25) is 0 Å². The average Bonchev–Trinajstić information content (AvgIpc) is 3.11. The summed E-state index contributed by atoms with van der Waals surface area (Å²) in [5, 5.41) is 14.2. The molecule has 2 aromatic rings. The predicted molar refractivity (Wildman–Crippen MR) is 93.7 cm³/mol. The van der Waals surface area contributed by atoms with Crippen molar-refractivity contribution in [1.29, 1.82) is 0 Å². The van der Waals surface area contributed by atoms with Crippen LogP contribution in [-0.2, 0) is 4.74 Å². The van der Waals surface area contributed by atoms with Crippen LogP contribution in [0.4, 0.5) is 10.5 Å². The number of carbonyl (C=O) groups excluding carboxylic acids is 1. The number of carbonyl (C=O) groups is 1. The monoisotopic (exact) mass is 344 g/mol. The van der Waals surface area contributed by atoms with Crippen LogP contribution in [0.5, 0.6) is 0 Å². The van der Waals surface area contributed by atoms with Gasteiger partial charge in [-0.05, 0) is 47.4 Å². The quantitative estimate of drug-likeness (QED) is 0.919. The first kappa shape index (κ1) is 17.3. The van der Waals surface area contributed by atoms with Crippen LogP contribution in [-0.4, -0.2) is 56.9 Å². The first-order chi connectivity index (χ1) is 12.0. The first-order valence-corrected chi connectivity index (χ1v) is 8.54. The van der Waals surface area contributed by atoms with Crippen LogP contribution < -0.4 is 5.32 Å². The molecule has 1 aromatic carbocycles. The highest BCUT2D eigenvalue weighted by Gasteiger charge is 2.28. The summed E-state index contributed by atoms with van der Waals surface area (Å²) in [5.74, 6) is 0.507. The van der Waals surface area contributed by atoms with Gasteiger partial charge in [-0.1, -0.05) is 19.9 Å². The molecule has 8 nitrogen and oxygen atoms in total. The zero-order chi connectivity index (χ0) is 17.8. The van der Waals surface area contributed by atoms with Gasteiger partial charge in [0.15, 0.2) is 0 Å². The fourth-order valence-electron chi connectivity index (χ4n) is 3.06. The highest BCUT2D eigenvalue weighted by Crippen LogP contribution is 2.21. The van der Waals surface area contributed by atoms with Gasteiger partial charge in [-0.2, -0.15) is 0 Å². The number of benzene rings is 1. The molecule has 1 atom stereocenters. The van der Waals surface area contributed by atoms with Gasteiger partial charge in [0.05, 0.1) is 24.9 Å². The molecular formula is C17H24N6O2. The lowest BCUT2D eigenvalue weighted by Crippen LogP contribution is -2.50. The largest absolute Gasteiger partial charge is 0.377 e. The summed E-state index contributed by atoms with van der Waals surface area (Å²) in [6, 6.07) is 5.72. The number of nitrogens with zero attached hydrogens (tertiary/aromatic N) is 5. The minimum absolute atomic E-state index is 0.0968. The highest BCUT2D eigenvalue weighted by molar-refractivity contribution is 5.90. The van der Waals surface area contributed by atoms with E-state index in [1.54, 1.807) is 4.68 Å². The molecule has 134 valence electrons. The smallest absolute Gasteiger partial charge is 0.322 e. The number of nitrogens with one attached hydrogen (secondary N) is 1. The Morgan fingerprint density at radius 1 is 1.44 bits per heavy atom. The van der Waals surface area contributed by atoms with Gasteiger partial charge in [-0.15, -0.1) is 5.10 Å². The molecule has 2 amide bonds. The van der Waals surface area contributed by atoms with E-state index >= 15 is 0 Å². The third-order valence-electron chi connectivity index (χ3n) is 4.29. The van der Waals surface area contributed by atoms with Crippen molar-refractivity contribution in [2.75, 3.05) is 25.1 Å². The Bertz CT molecular complexity index is 716. The maximum absolute atomic E-state index is 12.8. The van der Waals surface area contributed by atoms with Crippen LogP contribution in [0.25, 0.3) is 5.69 Å². The maximum atomic E-state index is 12.8. The van der Waals surface area contributed by atoms with E-state index in [1.165, 1.54) is 6.33 Å². The van der Waals surface area contributed by atoms with Gasteiger partial charge in [0.2, 0.25) is 0 Å². The molecule has 0 bridgehead atoms. The molecule has 2 heterocycles. The van der Waals surface area contributed by atoms with E-state index < -0.39 is 0 Å². The summed E-state index contributed by atoms with van der Waals surface area (Å²) in [6.45, 7) is 8.06. The number of aromatic nitrogens is 4. The number of amides is 2. The molecule has 0 aliphatic carbocycles. The number of aryl methyl sites for hydroxylation is 1. The second-order valence-corrected chi connectivity index (χ2v) is 6.74. The molecule has 1 aliphatic rings. The lowest BCUT2D eigenvalue weighted by atomic mass is 10.0. The van der Waals surface area contributed by atoms with Gasteiger partial charge in [-0.3, -0.25) is 0 Å². The minimum Gasteiger partial charge on any atom is -0.377 e. The number of hydrogen-bond donors (Lipinski definition) is 1. The van der Waals surface area contributed by atoms with E-state index in [1.807, 2.05) is 30.0 Å². The van der Waals surface area contributed by atoms with Crippen molar-refractivity contribution in [2.24, 2.45) is 5.92 Å². The molecule has 1 saturated heterocycles. The number of rotatable bonds is 4. The van der Waals surface area contributed by atoms with E-state index in [9.17, 15) is 4.79 Å². The average molecular weight is 344 g/mol. The van der Waals surface area contributed by atoms with E-state index in [2.05, 4.69) is 34.7 Å². The number of ether oxygens (including phenoxy) is 1. The van der Waals surface area contributed by atoms with Crippen molar-refractivity contribution >= 4 is 11.7 Å². The van der Waals surface area contributed by atoms with Crippen molar-refractivity contribution in [3.8, 4) is 5.69 Å². The van der Waals surface area contributed by atoms with Gasteiger partial charge < -0.3 is 15.0 Å². The summed E-state index contributed by atoms with van der Waals surface area (Å²) >= 11 is 0. The summed E-state index contributed by atoms with van der Waals surface area (Å²) in [7, 11) is 0. The number of morpholine rings is 1. The summed E-state index contributed by atoms with van der Waals surface area (Å²) < 4.78 is 7.13. The Morgan fingerprint density at radius 2 is 2.28 bits per heavy atom. The van der Waals surface area contributed by atoms with Gasteiger partial charge in [0.25, 0.3) is 0 Å². The van der Waals surface area contributed by atoms with Crippen LogP contribution in [0.3, 0.4) is 0 Å². The fraction of sp³-hybridized carbons (Fsp3) is 0.529. The van der Waals surface area contributed by atoms with Gasteiger partial charge in [0.1, 0.15) is 6.33 Å². The summed E-state index contributed by atoms with van der Waals surface area (Å²) in [4.78, 5) is 14.6. The first-order valence-electron chi connectivity index (χ1n) is 8.54. The second-order valence-electron chi connectivity index (χ2n) is 6.74. The van der Waals surface area contributed by atoms with E-state index in [-0.39, 0.29) is 12.1 Å². The number of hydrogen-bond acceptors (Lipinski definition) is 5. The Labute approximate surface area is 147 Å². The van der Waals surface area contributed by atoms with Crippen LogP contribution in [0.15, 0.2) is 24.5 Å². The molecule has 0 spiro atoms. The van der Waals surface area contributed by atoms with Crippen LogP contribution in [0, 0.1) is 12.8 Å². The normalized spacial score (nSPS) is 17.8. The Balaban J connectivity index is 1.75. The molecule has 0 unspecified atom stereocenters. The minimum atomic E-state index is -0.0968. The van der Waals surface area contributed by atoms with Crippen molar-refractivity contribution in [2.45, 2.75) is 33.2 Å². The maximum Gasteiger partial charge on any atom is 0.322 e. The molecule has 25 heavy (non-hydrogen) atoms. The predicted octanol–water partition coefficient (Wildman–Crippen LogP) is 2.25. The Kier molecular flexibility index (Phi) is 5.28. The number of urea groups is 1. The lowest BCUT2D eigenvalue weighted by molar-refractivity contribution is 0.00857. The number of anilines is 1. The topological polar surface area (TPSA) is 85.2 Å². The van der Waals surface area contributed by atoms with E-state index in [0.29, 0.717) is 25.7 Å². The van der Waals surface area contributed by atoms with Crippen molar-refractivity contribution in [3.05, 3.63) is 30.1 Å². The van der Waals surface area contributed by atoms with Crippen molar-refractivity contribution in [3.63, 3.8) is 0 Å². The molecule has 1 aliphatic heterocycles. The molecule has 1 aromatic heterocycles. The Morgan fingerprint density at radius 3 is 3.00 bits per heavy atom. The molecule has 1 fully saturated rings. The third-order valence-corrected chi connectivity index (χ3v) is 4.29. The SMILES string of the molecule is Cc1ccc(NC(=O)N2CCOC[C@H]2CC(C)C)cc1-n1cnnn1. The number of tetrazole rings is 1. The molecule has 0 saturated carbocycles. The van der Waals surface area contributed by atoms with Gasteiger partial charge in [-0.25, -0.2) is 9.48 Å². The molecule has 8 heteroatoms. The molecule has 3 rings (SSSR count). The Hall–Kier alpha value is -2.48. The van der Waals surface area contributed by atoms with Crippen molar-refractivity contribution in [1.82, 2.24) is 25.1 Å². The highest BCUT2D eigenvalue weighted by atomic mass is 16.5. The van der Waals surface area contributed by atoms with Gasteiger partial charge in [0, 0.05) is 12.2 Å². The summed E-state index contributed by atoms with van der Waals surface area (Å²) in [5.41, 5.74) is 2.58. The molecular weight excluding hydrogens is 320 g/mol. The van der Waals surface area contributed by atoms with Gasteiger partial charge >= 0.3 is 6.03 Å². The van der Waals surface area contributed by atoms with E-state index in [4.69, 9.17) is 4.74 Å². The van der Waals surface area contributed by atoms with Crippen molar-refractivity contribution < 1.29 is 9.53 Å². The lowest BCUT2D eigenvalue weighted by Gasteiger charge is -2.36. The summed E-state index contributed by atoms with van der Waals surface area (Å²) in [6.07, 6.45) is 2.46. The zero-order valence-electron chi connectivity index (χ0n) is 14.8.